The predicted octanol–water partition coefficient (Wildman–Crippen LogP) is 5.89. The molecule has 0 fully saturated rings. The molecule has 0 saturated heterocycles. The first-order chi connectivity index (χ1) is 30.2. The summed E-state index contributed by atoms with van der Waals surface area (Å²) in [6.45, 7) is -0.920. The number of hydrogen-bond donors (Lipinski definition) is 5. The fourth-order valence-electron chi connectivity index (χ4n) is 9.08. The van der Waals surface area contributed by atoms with Crippen LogP contribution in [0.4, 0.5) is 0 Å². The Morgan fingerprint density at radius 3 is 1.53 bits per heavy atom. The molecule has 1 unspecified atom stereocenters. The van der Waals surface area contributed by atoms with Gasteiger partial charge < -0.3 is 26.2 Å². The molecule has 6 aromatic carbocycles. The van der Waals surface area contributed by atoms with Crippen LogP contribution in [0, 0.1) is 0 Å². The number of benzene rings is 6. The van der Waals surface area contributed by atoms with Crippen molar-refractivity contribution in [3.8, 4) is 11.1 Å². The fourth-order valence-corrected chi connectivity index (χ4v) is 9.33. The number of rotatable bonds is 16. The van der Waals surface area contributed by atoms with Gasteiger partial charge in [-0.05, 0) is 44.5 Å². The molecule has 0 aliphatic heterocycles. The summed E-state index contributed by atoms with van der Waals surface area (Å²) < 4.78 is 5.74. The van der Waals surface area contributed by atoms with Crippen LogP contribution in [0.5, 0.6) is 0 Å². The number of hydrogen-bond acceptors (Lipinski definition) is 8. The number of carboxylic acid groups (broad SMARTS) is 1. The summed E-state index contributed by atoms with van der Waals surface area (Å²) in [4.78, 5) is 74.5. The van der Waals surface area contributed by atoms with E-state index in [4.69, 9.17) is 10.5 Å². The van der Waals surface area contributed by atoms with Crippen LogP contribution in [0.3, 0.4) is 0 Å². The number of carbonyl (C=O) groups is 5. The Morgan fingerprint density at radius 1 is 0.677 bits per heavy atom. The molecule has 1 aliphatic carbocycles. The van der Waals surface area contributed by atoms with Crippen LogP contribution >= 0.6 is 12.6 Å². The Labute approximate surface area is 365 Å². The Balaban J connectivity index is 1.68. The number of nitrogens with one attached hydrogen (secondary N) is 2. The van der Waals surface area contributed by atoms with E-state index in [-0.39, 0.29) is 12.3 Å². The van der Waals surface area contributed by atoms with Crippen molar-refractivity contribution in [2.75, 3.05) is 26.0 Å². The number of aliphatic carboxylic acids is 1. The molecule has 7 rings (SSSR count). The van der Waals surface area contributed by atoms with E-state index >= 15 is 14.4 Å². The van der Waals surface area contributed by atoms with E-state index in [2.05, 4.69) is 23.3 Å². The van der Waals surface area contributed by atoms with Crippen LogP contribution in [0.1, 0.15) is 45.2 Å². The maximum absolute atomic E-state index is 16.5. The summed E-state index contributed by atoms with van der Waals surface area (Å²) in [7, 11) is 1.11. The highest BCUT2D eigenvalue weighted by molar-refractivity contribution is 7.80. The first-order valence-corrected chi connectivity index (χ1v) is 20.7. The van der Waals surface area contributed by atoms with Crippen molar-refractivity contribution in [3.05, 3.63) is 203 Å². The lowest BCUT2D eigenvalue weighted by Gasteiger charge is -2.55. The zero-order valence-electron chi connectivity index (χ0n) is 33.9. The third kappa shape index (κ3) is 7.52. The normalized spacial score (nSPS) is 13.9. The molecular weight excluding hydrogens is 801 g/mol. The lowest BCUT2D eigenvalue weighted by Crippen LogP contribution is -2.74. The van der Waals surface area contributed by atoms with Crippen molar-refractivity contribution >= 4 is 42.3 Å². The number of fused-ring (bicyclic) bond motifs is 3. The van der Waals surface area contributed by atoms with Gasteiger partial charge in [0.1, 0.15) is 11.6 Å². The van der Waals surface area contributed by atoms with Crippen LogP contribution in [0.25, 0.3) is 11.1 Å². The van der Waals surface area contributed by atoms with E-state index in [9.17, 15) is 14.7 Å². The lowest BCUT2D eigenvalue weighted by atomic mass is 9.63. The van der Waals surface area contributed by atoms with E-state index in [0.717, 1.165) is 34.3 Å². The van der Waals surface area contributed by atoms with Gasteiger partial charge in [0.15, 0.2) is 0 Å². The molecule has 0 saturated carbocycles. The van der Waals surface area contributed by atoms with Crippen LogP contribution < -0.4 is 16.4 Å². The first kappa shape index (κ1) is 43.1. The molecule has 0 heterocycles. The van der Waals surface area contributed by atoms with Gasteiger partial charge in [0.25, 0.3) is 0 Å². The minimum atomic E-state index is -2.95. The second-order valence-corrected chi connectivity index (χ2v) is 15.2. The Bertz CT molecular complexity index is 2420. The minimum absolute atomic E-state index is 0.345. The minimum Gasteiger partial charge on any atom is -0.479 e. The quantitative estimate of drug-likeness (QED) is 0.0348. The SMILES string of the molecule is COC(=O)[C@@](C(=O)O)(C(c1ccccc1)C1c2ccccc2-c2ccccc21)N(C(=O)[C@@H](CS)NC(=O)CNC(=O)CN)C(c1ccccc1)(c1ccccc1)c1ccccc1. The topological polar surface area (TPSA) is 168 Å². The van der Waals surface area contributed by atoms with Gasteiger partial charge in [-0.1, -0.05) is 170 Å². The molecule has 12 heteroatoms. The summed E-state index contributed by atoms with van der Waals surface area (Å²) in [5.74, 6) is -7.87. The molecular formula is C50H46N4O7S. The van der Waals surface area contributed by atoms with E-state index in [1.165, 1.54) is 0 Å². The number of ether oxygens (including phenoxy) is 1. The molecule has 6 aromatic rings. The van der Waals surface area contributed by atoms with Crippen LogP contribution in [-0.2, 0) is 34.2 Å². The number of carboxylic acids is 1. The maximum atomic E-state index is 16.5. The van der Waals surface area contributed by atoms with Crippen molar-refractivity contribution in [2.24, 2.45) is 5.73 Å². The van der Waals surface area contributed by atoms with Crippen LogP contribution in [-0.4, -0.2) is 77.2 Å². The number of carbonyl (C=O) groups excluding carboxylic acids is 4. The molecule has 62 heavy (non-hydrogen) atoms. The maximum Gasteiger partial charge on any atom is 0.344 e. The highest BCUT2D eigenvalue weighted by Gasteiger charge is 2.69. The monoisotopic (exact) mass is 846 g/mol. The summed E-state index contributed by atoms with van der Waals surface area (Å²) in [5, 5.41) is 17.6. The van der Waals surface area contributed by atoms with Crippen molar-refractivity contribution in [2.45, 2.75) is 29.0 Å². The molecule has 0 bridgehead atoms. The van der Waals surface area contributed by atoms with Gasteiger partial charge in [-0.2, -0.15) is 12.6 Å². The molecule has 0 aromatic heterocycles. The zero-order valence-corrected chi connectivity index (χ0v) is 34.8. The molecule has 11 nitrogen and oxygen atoms in total. The molecule has 3 atom stereocenters. The van der Waals surface area contributed by atoms with Crippen molar-refractivity contribution in [3.63, 3.8) is 0 Å². The van der Waals surface area contributed by atoms with Gasteiger partial charge in [0.2, 0.25) is 23.3 Å². The Morgan fingerprint density at radius 2 is 1.11 bits per heavy atom. The number of thiol groups is 1. The van der Waals surface area contributed by atoms with Crippen LogP contribution in [0.15, 0.2) is 170 Å². The highest BCUT2D eigenvalue weighted by atomic mass is 32.1. The molecule has 3 amide bonds. The zero-order chi connectivity index (χ0) is 43.9. The first-order valence-electron chi connectivity index (χ1n) is 20.1. The van der Waals surface area contributed by atoms with Crippen LogP contribution in [0.2, 0.25) is 0 Å². The van der Waals surface area contributed by atoms with Gasteiger partial charge in [0, 0.05) is 17.6 Å². The standard InChI is InChI=1S/C50H46N4O7S/c1-61-48(60)50(47(58)59,45(33-18-6-2-7-19-33)44-39-28-16-14-26-37(39)38-27-15-17-29-40(38)44)54(46(57)41(32-62)53-43(56)31-52-42(55)30-51)49(34-20-8-3-9-21-34,35-22-10-4-11-23-35)36-24-12-5-13-25-36/h2-29,41,44-45,62H,30-32,51H2,1H3,(H,52,55)(H,53,56)(H,58,59)/t41-,45?,50+/m1/s1. The smallest absolute Gasteiger partial charge is 0.344 e. The second kappa shape index (κ2) is 18.7. The molecule has 314 valence electrons. The molecule has 0 radical (unpaired) electrons. The number of methoxy groups -OCH3 is 1. The molecule has 0 spiro atoms. The Hall–Kier alpha value is -7.02. The van der Waals surface area contributed by atoms with E-state index < -0.39 is 65.2 Å². The number of nitrogens with zero attached hydrogens (tertiary/aromatic N) is 1. The van der Waals surface area contributed by atoms with E-state index in [0.29, 0.717) is 22.3 Å². The van der Waals surface area contributed by atoms with E-state index in [1.807, 2.05) is 48.5 Å². The molecule has 1 aliphatic rings. The van der Waals surface area contributed by atoms with E-state index in [1.54, 1.807) is 121 Å². The number of amides is 3. The van der Waals surface area contributed by atoms with Gasteiger partial charge in [-0.15, -0.1) is 0 Å². The van der Waals surface area contributed by atoms with Gasteiger partial charge in [0.05, 0.1) is 20.2 Å². The third-order valence-electron chi connectivity index (χ3n) is 11.6. The fraction of sp³-hybridized carbons (Fsp3) is 0.180. The summed E-state index contributed by atoms with van der Waals surface area (Å²) >= 11 is 4.58. The summed E-state index contributed by atoms with van der Waals surface area (Å²) in [6, 6.07) is 49.2. The second-order valence-electron chi connectivity index (χ2n) is 14.9. The highest BCUT2D eigenvalue weighted by Crippen LogP contribution is 2.59. The van der Waals surface area contributed by atoms with Gasteiger partial charge in [-0.3, -0.25) is 19.3 Å². The largest absolute Gasteiger partial charge is 0.479 e. The Kier molecular flexibility index (Phi) is 13.0. The summed E-state index contributed by atoms with van der Waals surface area (Å²) in [6.07, 6.45) is 0. The lowest BCUT2D eigenvalue weighted by molar-refractivity contribution is -0.183. The average molecular weight is 847 g/mol. The number of nitrogens with two attached hydrogens (primary N) is 1. The van der Waals surface area contributed by atoms with Crippen molar-refractivity contribution < 1.29 is 33.8 Å². The predicted molar refractivity (Wildman–Crippen MR) is 239 cm³/mol. The summed E-state index contributed by atoms with van der Waals surface area (Å²) in [5.41, 5.74) is 5.46. The third-order valence-corrected chi connectivity index (χ3v) is 11.9. The number of esters is 1. The average Bonchev–Trinajstić information content (AvgIpc) is 3.65. The van der Waals surface area contributed by atoms with Gasteiger partial charge >= 0.3 is 11.9 Å². The van der Waals surface area contributed by atoms with Crippen molar-refractivity contribution in [1.29, 1.82) is 0 Å². The molecule has 5 N–H and O–H groups in total. The van der Waals surface area contributed by atoms with Gasteiger partial charge in [-0.25, -0.2) is 9.59 Å². The van der Waals surface area contributed by atoms with Crippen molar-refractivity contribution in [1.82, 2.24) is 15.5 Å².